The first kappa shape index (κ1) is 12.9. The van der Waals surface area contributed by atoms with E-state index in [1.165, 1.54) is 10.4 Å². The van der Waals surface area contributed by atoms with Gasteiger partial charge in [0.15, 0.2) is 0 Å². The second-order valence-corrected chi connectivity index (χ2v) is 5.91. The second kappa shape index (κ2) is 5.10. The van der Waals surface area contributed by atoms with Gasteiger partial charge < -0.3 is 4.90 Å². The third kappa shape index (κ3) is 2.10. The lowest BCUT2D eigenvalue weighted by Gasteiger charge is -2.33. The van der Waals surface area contributed by atoms with Crippen molar-refractivity contribution in [3.8, 4) is 6.07 Å². The molecule has 2 heterocycles. The molecule has 1 amide bonds. The normalized spacial score (nSPS) is 17.4. The zero-order chi connectivity index (χ0) is 14.1. The van der Waals surface area contributed by atoms with Crippen molar-refractivity contribution in [1.82, 2.24) is 4.90 Å². The molecule has 0 spiro atoms. The van der Waals surface area contributed by atoms with E-state index in [2.05, 4.69) is 24.4 Å². The standard InChI is InChI=1S/C16H14N2OS/c1-11-14-7-9-20-15(14)6-8-18(11)16(19)13-4-2-12(10-17)3-5-13/h2-5,7,9,11H,6,8H2,1H3/t11-/m1/s1. The zero-order valence-corrected chi connectivity index (χ0v) is 12.0. The summed E-state index contributed by atoms with van der Waals surface area (Å²) in [6.45, 7) is 2.83. The number of hydrogen-bond acceptors (Lipinski definition) is 3. The molecule has 2 aromatic rings. The van der Waals surface area contributed by atoms with Crippen molar-refractivity contribution in [1.29, 1.82) is 5.26 Å². The molecule has 0 radical (unpaired) electrons. The number of thiophene rings is 1. The molecule has 0 unspecified atom stereocenters. The molecular weight excluding hydrogens is 268 g/mol. The predicted molar refractivity (Wildman–Crippen MR) is 78.6 cm³/mol. The largest absolute Gasteiger partial charge is 0.331 e. The molecule has 3 rings (SSSR count). The van der Waals surface area contributed by atoms with Gasteiger partial charge in [-0.15, -0.1) is 11.3 Å². The monoisotopic (exact) mass is 282 g/mol. The van der Waals surface area contributed by atoms with Crippen molar-refractivity contribution in [2.24, 2.45) is 0 Å². The van der Waals surface area contributed by atoms with Gasteiger partial charge in [0.2, 0.25) is 0 Å². The first-order valence-corrected chi connectivity index (χ1v) is 7.46. The summed E-state index contributed by atoms with van der Waals surface area (Å²) in [5, 5.41) is 10.9. The summed E-state index contributed by atoms with van der Waals surface area (Å²) in [5.41, 5.74) is 2.49. The summed E-state index contributed by atoms with van der Waals surface area (Å²) in [4.78, 5) is 15.9. The molecule has 1 aliphatic rings. The topological polar surface area (TPSA) is 44.1 Å². The zero-order valence-electron chi connectivity index (χ0n) is 11.2. The van der Waals surface area contributed by atoms with Gasteiger partial charge >= 0.3 is 0 Å². The van der Waals surface area contributed by atoms with E-state index >= 15 is 0 Å². The SMILES string of the molecule is C[C@@H]1c2ccsc2CCN1C(=O)c1ccc(C#N)cc1. The summed E-state index contributed by atoms with van der Waals surface area (Å²) >= 11 is 1.77. The third-order valence-corrected chi connectivity index (χ3v) is 4.80. The highest BCUT2D eigenvalue weighted by Crippen LogP contribution is 2.33. The molecule has 0 fully saturated rings. The molecule has 0 aliphatic carbocycles. The number of amides is 1. The number of nitriles is 1. The molecule has 0 saturated heterocycles. The Labute approximate surface area is 122 Å². The minimum atomic E-state index is 0.0406. The number of carbonyl (C=O) groups excluding carboxylic acids is 1. The lowest BCUT2D eigenvalue weighted by Crippen LogP contribution is -2.38. The van der Waals surface area contributed by atoms with Gasteiger partial charge in [0.25, 0.3) is 5.91 Å². The minimum Gasteiger partial charge on any atom is -0.331 e. The van der Waals surface area contributed by atoms with Gasteiger partial charge in [0.05, 0.1) is 17.7 Å². The van der Waals surface area contributed by atoms with E-state index in [9.17, 15) is 4.79 Å². The van der Waals surface area contributed by atoms with Crippen molar-refractivity contribution < 1.29 is 4.79 Å². The van der Waals surface area contributed by atoms with Gasteiger partial charge in [-0.2, -0.15) is 5.26 Å². The fraction of sp³-hybridized carbons (Fsp3) is 0.250. The first-order chi connectivity index (χ1) is 9.70. The van der Waals surface area contributed by atoms with Crippen molar-refractivity contribution in [3.63, 3.8) is 0 Å². The molecule has 20 heavy (non-hydrogen) atoms. The molecule has 1 aromatic carbocycles. The van der Waals surface area contributed by atoms with Crippen LogP contribution in [0.3, 0.4) is 0 Å². The molecule has 1 aliphatic heterocycles. The highest BCUT2D eigenvalue weighted by Gasteiger charge is 2.28. The lowest BCUT2D eigenvalue weighted by atomic mass is 10.00. The molecule has 3 nitrogen and oxygen atoms in total. The van der Waals surface area contributed by atoms with E-state index in [0.717, 1.165) is 13.0 Å². The summed E-state index contributed by atoms with van der Waals surface area (Å²) in [5.74, 6) is 0.0406. The van der Waals surface area contributed by atoms with Crippen LogP contribution >= 0.6 is 11.3 Å². The van der Waals surface area contributed by atoms with E-state index in [1.54, 1.807) is 35.6 Å². The molecule has 0 bridgehead atoms. The maximum atomic E-state index is 12.6. The van der Waals surface area contributed by atoms with Crippen LogP contribution in [0.15, 0.2) is 35.7 Å². The summed E-state index contributed by atoms with van der Waals surface area (Å²) < 4.78 is 0. The van der Waals surface area contributed by atoms with Crippen molar-refractivity contribution in [2.45, 2.75) is 19.4 Å². The second-order valence-electron chi connectivity index (χ2n) is 4.91. The number of rotatable bonds is 1. The number of fused-ring (bicyclic) bond motifs is 1. The Hall–Kier alpha value is -2.12. The quantitative estimate of drug-likeness (QED) is 0.805. The number of benzene rings is 1. The first-order valence-electron chi connectivity index (χ1n) is 6.58. The molecule has 4 heteroatoms. The fourth-order valence-corrected chi connectivity index (χ4v) is 3.60. The summed E-state index contributed by atoms with van der Waals surface area (Å²) in [6.07, 6.45) is 0.930. The van der Waals surface area contributed by atoms with Crippen LogP contribution in [0.25, 0.3) is 0 Å². The lowest BCUT2D eigenvalue weighted by molar-refractivity contribution is 0.0679. The maximum absolute atomic E-state index is 12.6. The van der Waals surface area contributed by atoms with Gasteiger partial charge in [-0.25, -0.2) is 0 Å². The Morgan fingerprint density at radius 1 is 1.35 bits per heavy atom. The molecule has 0 saturated carbocycles. The third-order valence-electron chi connectivity index (χ3n) is 3.80. The van der Waals surface area contributed by atoms with E-state index in [-0.39, 0.29) is 11.9 Å². The highest BCUT2D eigenvalue weighted by atomic mass is 32.1. The van der Waals surface area contributed by atoms with Gasteiger partial charge in [-0.05, 0) is 54.6 Å². The van der Waals surface area contributed by atoms with E-state index in [0.29, 0.717) is 11.1 Å². The van der Waals surface area contributed by atoms with Crippen molar-refractivity contribution >= 4 is 17.2 Å². The van der Waals surface area contributed by atoms with Crippen LogP contribution in [-0.4, -0.2) is 17.4 Å². The molecule has 0 N–H and O–H groups in total. The van der Waals surface area contributed by atoms with Crippen LogP contribution < -0.4 is 0 Å². The smallest absolute Gasteiger partial charge is 0.254 e. The number of nitrogens with zero attached hydrogens (tertiary/aromatic N) is 2. The van der Waals surface area contributed by atoms with E-state index < -0.39 is 0 Å². The molecular formula is C16H14N2OS. The summed E-state index contributed by atoms with van der Waals surface area (Å²) in [7, 11) is 0. The van der Waals surface area contributed by atoms with Crippen LogP contribution in [0.1, 0.15) is 39.3 Å². The average Bonchev–Trinajstić information content (AvgIpc) is 2.96. The van der Waals surface area contributed by atoms with E-state index in [4.69, 9.17) is 5.26 Å². The van der Waals surface area contributed by atoms with E-state index in [1.807, 2.05) is 4.90 Å². The fourth-order valence-electron chi connectivity index (χ4n) is 2.64. The van der Waals surface area contributed by atoms with Crippen LogP contribution in [0.5, 0.6) is 0 Å². The van der Waals surface area contributed by atoms with Crippen LogP contribution in [0.2, 0.25) is 0 Å². The Balaban J connectivity index is 1.86. The summed E-state index contributed by atoms with van der Waals surface area (Å²) in [6, 6.07) is 11.2. The molecule has 100 valence electrons. The Morgan fingerprint density at radius 3 is 2.80 bits per heavy atom. The van der Waals surface area contributed by atoms with Crippen LogP contribution in [-0.2, 0) is 6.42 Å². The highest BCUT2D eigenvalue weighted by molar-refractivity contribution is 7.10. The predicted octanol–water partition coefficient (Wildman–Crippen LogP) is 3.38. The van der Waals surface area contributed by atoms with Gasteiger partial charge in [-0.3, -0.25) is 4.79 Å². The Kier molecular flexibility index (Phi) is 3.29. The average molecular weight is 282 g/mol. The van der Waals surface area contributed by atoms with Crippen molar-refractivity contribution in [2.75, 3.05) is 6.54 Å². The van der Waals surface area contributed by atoms with Crippen molar-refractivity contribution in [3.05, 3.63) is 57.3 Å². The Bertz CT molecular complexity index is 681. The van der Waals surface area contributed by atoms with Crippen LogP contribution in [0.4, 0.5) is 0 Å². The minimum absolute atomic E-state index is 0.0406. The molecule has 1 atom stereocenters. The number of hydrogen-bond donors (Lipinski definition) is 0. The molecule has 1 aromatic heterocycles. The Morgan fingerprint density at radius 2 is 2.10 bits per heavy atom. The number of carbonyl (C=O) groups is 1. The van der Waals surface area contributed by atoms with Gasteiger partial charge in [0, 0.05) is 17.0 Å². The van der Waals surface area contributed by atoms with Gasteiger partial charge in [-0.1, -0.05) is 0 Å². The van der Waals surface area contributed by atoms with Crippen LogP contribution in [0, 0.1) is 11.3 Å². The van der Waals surface area contributed by atoms with Gasteiger partial charge in [0.1, 0.15) is 0 Å². The maximum Gasteiger partial charge on any atom is 0.254 e.